The zero-order valence-electron chi connectivity index (χ0n) is 9.68. The van der Waals surface area contributed by atoms with Gasteiger partial charge in [0, 0.05) is 20.2 Å². The Hall–Kier alpha value is -0.810. The molecule has 1 fully saturated rings. The molecule has 0 heterocycles. The van der Waals surface area contributed by atoms with Crippen molar-refractivity contribution in [1.82, 2.24) is 10.7 Å². The van der Waals surface area contributed by atoms with E-state index in [1.807, 2.05) is 0 Å². The molecule has 0 radical (unpaired) electrons. The fraction of sp³-hybridized carbons (Fsp3) is 0.900. The molecule has 0 saturated heterocycles. The molecular formula is C10H22N4O. The summed E-state index contributed by atoms with van der Waals surface area (Å²) >= 11 is 0. The largest absolute Gasteiger partial charge is 0.383 e. The van der Waals surface area contributed by atoms with E-state index in [1.165, 1.54) is 19.3 Å². The van der Waals surface area contributed by atoms with Crippen LogP contribution in [0.2, 0.25) is 0 Å². The molecule has 15 heavy (non-hydrogen) atoms. The second-order valence-corrected chi connectivity index (χ2v) is 4.08. The van der Waals surface area contributed by atoms with E-state index in [1.54, 1.807) is 7.11 Å². The van der Waals surface area contributed by atoms with Crippen LogP contribution in [0.3, 0.4) is 0 Å². The molecule has 0 aromatic heterocycles. The van der Waals surface area contributed by atoms with Crippen LogP contribution in [0.1, 0.15) is 26.2 Å². The Morgan fingerprint density at radius 1 is 1.53 bits per heavy atom. The van der Waals surface area contributed by atoms with Crippen molar-refractivity contribution in [2.24, 2.45) is 16.3 Å². The van der Waals surface area contributed by atoms with Crippen molar-refractivity contribution in [3.8, 4) is 0 Å². The highest BCUT2D eigenvalue weighted by Crippen LogP contribution is 2.48. The number of hydrogen-bond acceptors (Lipinski definition) is 3. The zero-order valence-corrected chi connectivity index (χ0v) is 9.68. The summed E-state index contributed by atoms with van der Waals surface area (Å²) in [5.74, 6) is 6.02. The van der Waals surface area contributed by atoms with E-state index in [4.69, 9.17) is 10.6 Å². The number of nitrogens with two attached hydrogens (primary N) is 1. The van der Waals surface area contributed by atoms with Crippen molar-refractivity contribution < 1.29 is 4.74 Å². The van der Waals surface area contributed by atoms with Crippen molar-refractivity contribution >= 4 is 5.96 Å². The van der Waals surface area contributed by atoms with Crippen molar-refractivity contribution in [3.05, 3.63) is 0 Å². The summed E-state index contributed by atoms with van der Waals surface area (Å²) in [5.41, 5.74) is 3.03. The first-order valence-corrected chi connectivity index (χ1v) is 5.50. The molecule has 5 heteroatoms. The quantitative estimate of drug-likeness (QED) is 0.195. The third-order valence-corrected chi connectivity index (χ3v) is 3.02. The lowest BCUT2D eigenvalue weighted by Crippen LogP contribution is -2.43. The van der Waals surface area contributed by atoms with Gasteiger partial charge < -0.3 is 10.1 Å². The Balaban J connectivity index is 2.27. The number of guanidine groups is 1. The molecule has 4 N–H and O–H groups in total. The van der Waals surface area contributed by atoms with Gasteiger partial charge >= 0.3 is 0 Å². The second-order valence-electron chi connectivity index (χ2n) is 4.08. The Morgan fingerprint density at radius 3 is 2.73 bits per heavy atom. The average Bonchev–Trinajstić information content (AvgIpc) is 3.04. The number of nitrogens with one attached hydrogen (secondary N) is 2. The standard InChI is InChI=1S/C10H22N4O/c1-3-10(4-5-10)8-13-9(14-11)12-6-7-15-2/h3-8,11H2,1-2H3,(H2,12,13,14). The SMILES string of the molecule is CCC1(CN=C(NN)NCCOC)CC1. The van der Waals surface area contributed by atoms with Gasteiger partial charge in [0.15, 0.2) is 0 Å². The summed E-state index contributed by atoms with van der Waals surface area (Å²) in [6.45, 7) is 4.46. The summed E-state index contributed by atoms with van der Waals surface area (Å²) in [6.07, 6.45) is 3.79. The van der Waals surface area contributed by atoms with Crippen LogP contribution in [0.4, 0.5) is 0 Å². The minimum absolute atomic E-state index is 0.463. The smallest absolute Gasteiger partial charge is 0.205 e. The lowest BCUT2D eigenvalue weighted by Gasteiger charge is -2.12. The summed E-state index contributed by atoms with van der Waals surface area (Å²) in [7, 11) is 1.67. The molecule has 88 valence electrons. The lowest BCUT2D eigenvalue weighted by atomic mass is 10.1. The molecule has 0 aromatic carbocycles. The number of ether oxygens (including phenoxy) is 1. The lowest BCUT2D eigenvalue weighted by molar-refractivity contribution is 0.203. The first-order valence-electron chi connectivity index (χ1n) is 5.50. The van der Waals surface area contributed by atoms with Crippen LogP contribution >= 0.6 is 0 Å². The van der Waals surface area contributed by atoms with E-state index in [0.29, 0.717) is 18.0 Å². The van der Waals surface area contributed by atoms with Gasteiger partial charge in [0.1, 0.15) is 0 Å². The van der Waals surface area contributed by atoms with Gasteiger partial charge in [-0.3, -0.25) is 10.4 Å². The van der Waals surface area contributed by atoms with E-state index in [-0.39, 0.29) is 0 Å². The minimum atomic E-state index is 0.463. The second kappa shape index (κ2) is 5.92. The fourth-order valence-corrected chi connectivity index (χ4v) is 1.47. The molecule has 0 atom stereocenters. The number of nitrogens with zero attached hydrogens (tertiary/aromatic N) is 1. The van der Waals surface area contributed by atoms with Crippen LogP contribution in [0.25, 0.3) is 0 Å². The third-order valence-electron chi connectivity index (χ3n) is 3.02. The normalized spacial score (nSPS) is 18.7. The van der Waals surface area contributed by atoms with Gasteiger partial charge in [0.05, 0.1) is 6.61 Å². The monoisotopic (exact) mass is 214 g/mol. The third kappa shape index (κ3) is 4.05. The van der Waals surface area contributed by atoms with Gasteiger partial charge in [0.25, 0.3) is 0 Å². The van der Waals surface area contributed by atoms with Gasteiger partial charge in [0.2, 0.25) is 5.96 Å². The maximum atomic E-state index is 5.36. The molecule has 0 aromatic rings. The molecule has 0 amide bonds. The molecule has 0 bridgehead atoms. The van der Waals surface area contributed by atoms with Crippen LogP contribution in [-0.4, -0.2) is 32.8 Å². The highest BCUT2D eigenvalue weighted by molar-refractivity contribution is 5.79. The van der Waals surface area contributed by atoms with Gasteiger partial charge in [-0.15, -0.1) is 0 Å². The summed E-state index contributed by atoms with van der Waals surface area (Å²) in [6, 6.07) is 0. The number of hydrogen-bond donors (Lipinski definition) is 3. The molecule has 0 unspecified atom stereocenters. The van der Waals surface area contributed by atoms with Crippen LogP contribution in [0.15, 0.2) is 4.99 Å². The topological polar surface area (TPSA) is 71.7 Å². The van der Waals surface area contributed by atoms with E-state index in [0.717, 1.165) is 13.1 Å². The van der Waals surface area contributed by atoms with Gasteiger partial charge in [-0.2, -0.15) is 0 Å². The van der Waals surface area contributed by atoms with E-state index < -0.39 is 0 Å². The van der Waals surface area contributed by atoms with Crippen LogP contribution in [0.5, 0.6) is 0 Å². The van der Waals surface area contributed by atoms with Crippen LogP contribution in [-0.2, 0) is 4.74 Å². The Bertz CT molecular complexity index is 213. The van der Waals surface area contributed by atoms with E-state index in [2.05, 4.69) is 22.7 Å². The van der Waals surface area contributed by atoms with Crippen molar-refractivity contribution in [1.29, 1.82) is 0 Å². The molecule has 1 rings (SSSR count). The summed E-state index contributed by atoms with van der Waals surface area (Å²) in [5, 5.41) is 3.08. The Morgan fingerprint density at radius 2 is 2.27 bits per heavy atom. The molecule has 1 saturated carbocycles. The van der Waals surface area contributed by atoms with Crippen molar-refractivity contribution in [3.63, 3.8) is 0 Å². The number of rotatable bonds is 6. The number of aliphatic imine (C=N–C) groups is 1. The molecule has 1 aliphatic carbocycles. The first-order chi connectivity index (χ1) is 7.26. The van der Waals surface area contributed by atoms with Crippen molar-refractivity contribution in [2.45, 2.75) is 26.2 Å². The Kier molecular flexibility index (Phi) is 4.84. The highest BCUT2D eigenvalue weighted by atomic mass is 16.5. The molecular weight excluding hydrogens is 192 g/mol. The molecule has 5 nitrogen and oxygen atoms in total. The van der Waals surface area contributed by atoms with Gasteiger partial charge in [-0.05, 0) is 24.7 Å². The fourth-order valence-electron chi connectivity index (χ4n) is 1.47. The summed E-state index contributed by atoms with van der Waals surface area (Å²) in [4.78, 5) is 4.43. The first kappa shape index (κ1) is 12.3. The number of methoxy groups -OCH3 is 1. The van der Waals surface area contributed by atoms with Crippen LogP contribution in [0, 0.1) is 5.41 Å². The van der Waals surface area contributed by atoms with Gasteiger partial charge in [-0.25, -0.2) is 5.84 Å². The minimum Gasteiger partial charge on any atom is -0.383 e. The van der Waals surface area contributed by atoms with E-state index in [9.17, 15) is 0 Å². The molecule has 0 aliphatic heterocycles. The average molecular weight is 214 g/mol. The maximum Gasteiger partial charge on any atom is 0.205 e. The maximum absolute atomic E-state index is 5.36. The zero-order chi connectivity index (χ0) is 11.1. The summed E-state index contributed by atoms with van der Waals surface area (Å²) < 4.78 is 4.93. The predicted molar refractivity (Wildman–Crippen MR) is 61.5 cm³/mol. The highest BCUT2D eigenvalue weighted by Gasteiger charge is 2.40. The van der Waals surface area contributed by atoms with Crippen molar-refractivity contribution in [2.75, 3.05) is 26.8 Å². The Labute approximate surface area is 91.4 Å². The molecule has 0 spiro atoms. The van der Waals surface area contributed by atoms with Crippen LogP contribution < -0.4 is 16.6 Å². The number of hydrazine groups is 1. The molecule has 1 aliphatic rings. The van der Waals surface area contributed by atoms with E-state index >= 15 is 0 Å². The van der Waals surface area contributed by atoms with Gasteiger partial charge in [-0.1, -0.05) is 6.92 Å². The predicted octanol–water partition coefficient (Wildman–Crippen LogP) is 0.232.